The van der Waals surface area contributed by atoms with Crippen LogP contribution in [0.15, 0.2) is 54.9 Å². The third kappa shape index (κ3) is 4.75. The molecular formula is C23H27N5O2. The number of morpholine rings is 1. The van der Waals surface area contributed by atoms with E-state index in [1.165, 1.54) is 0 Å². The first-order chi connectivity index (χ1) is 14.6. The minimum atomic E-state index is -0.0566. The van der Waals surface area contributed by atoms with E-state index in [1.54, 1.807) is 7.11 Å². The van der Waals surface area contributed by atoms with E-state index in [-0.39, 0.29) is 6.10 Å². The molecule has 30 heavy (non-hydrogen) atoms. The van der Waals surface area contributed by atoms with Gasteiger partial charge in [0.1, 0.15) is 11.9 Å². The largest absolute Gasteiger partial charge is 0.497 e. The number of rotatable bonds is 6. The first-order valence-electron chi connectivity index (χ1n) is 10.1. The average Bonchev–Trinajstić information content (AvgIpc) is 2.80. The van der Waals surface area contributed by atoms with Gasteiger partial charge in [0.05, 0.1) is 25.1 Å². The molecule has 1 atom stereocenters. The molecule has 0 N–H and O–H groups in total. The molecule has 1 aliphatic heterocycles. The first-order valence-corrected chi connectivity index (χ1v) is 10.1. The Morgan fingerprint density at radius 3 is 2.57 bits per heavy atom. The number of hydrogen-bond acceptors (Lipinski definition) is 7. The van der Waals surface area contributed by atoms with Crippen molar-refractivity contribution in [2.24, 2.45) is 0 Å². The fraction of sp³-hybridized carbons (Fsp3) is 0.348. The number of hydrogen-bond donors (Lipinski definition) is 0. The fourth-order valence-corrected chi connectivity index (χ4v) is 3.50. The smallest absolute Gasteiger partial charge is 0.224 e. The first kappa shape index (κ1) is 20.3. The van der Waals surface area contributed by atoms with Gasteiger partial charge in [0.2, 0.25) is 5.95 Å². The summed E-state index contributed by atoms with van der Waals surface area (Å²) in [7, 11) is 5.55. The molecule has 3 heterocycles. The van der Waals surface area contributed by atoms with Crippen molar-refractivity contribution in [1.82, 2.24) is 19.9 Å². The molecule has 0 spiro atoms. The number of aromatic nitrogens is 3. The molecule has 0 saturated carbocycles. The number of benzene rings is 1. The lowest BCUT2D eigenvalue weighted by atomic mass is 10.1. The second-order valence-corrected chi connectivity index (χ2v) is 7.56. The normalized spacial score (nSPS) is 17.0. The molecule has 2 aromatic heterocycles. The Morgan fingerprint density at radius 1 is 1.10 bits per heavy atom. The van der Waals surface area contributed by atoms with Gasteiger partial charge < -0.3 is 14.4 Å². The summed E-state index contributed by atoms with van der Waals surface area (Å²) >= 11 is 0. The highest BCUT2D eigenvalue weighted by atomic mass is 16.5. The minimum Gasteiger partial charge on any atom is -0.497 e. The van der Waals surface area contributed by atoms with Crippen LogP contribution in [0.4, 0.5) is 5.95 Å². The van der Waals surface area contributed by atoms with E-state index >= 15 is 0 Å². The molecule has 0 amide bonds. The van der Waals surface area contributed by atoms with Gasteiger partial charge in [-0.05, 0) is 36.4 Å². The van der Waals surface area contributed by atoms with Crippen LogP contribution in [0, 0.1) is 0 Å². The van der Waals surface area contributed by atoms with Gasteiger partial charge in [-0.3, -0.25) is 9.88 Å². The maximum absolute atomic E-state index is 6.05. The molecule has 156 valence electrons. The Balaban J connectivity index is 1.45. The van der Waals surface area contributed by atoms with Gasteiger partial charge >= 0.3 is 0 Å². The zero-order valence-corrected chi connectivity index (χ0v) is 17.7. The maximum Gasteiger partial charge on any atom is 0.224 e. The van der Waals surface area contributed by atoms with Crippen LogP contribution in [0.3, 0.4) is 0 Å². The van der Waals surface area contributed by atoms with Crippen molar-refractivity contribution in [3.05, 3.63) is 66.1 Å². The molecule has 4 rings (SSSR count). The minimum absolute atomic E-state index is 0.0566. The molecule has 1 fully saturated rings. The molecule has 3 aromatic rings. The highest BCUT2D eigenvalue weighted by Crippen LogP contribution is 2.26. The predicted molar refractivity (Wildman–Crippen MR) is 117 cm³/mol. The van der Waals surface area contributed by atoms with E-state index < -0.39 is 0 Å². The lowest BCUT2D eigenvalue weighted by Crippen LogP contribution is -2.38. The Bertz CT molecular complexity index is 960. The van der Waals surface area contributed by atoms with Crippen LogP contribution in [-0.2, 0) is 11.3 Å². The lowest BCUT2D eigenvalue weighted by molar-refractivity contribution is -0.0349. The number of ether oxygens (including phenoxy) is 2. The van der Waals surface area contributed by atoms with Crippen LogP contribution in [0.25, 0.3) is 11.3 Å². The number of methoxy groups -OCH3 is 1. The van der Waals surface area contributed by atoms with E-state index in [0.29, 0.717) is 6.61 Å². The van der Waals surface area contributed by atoms with Crippen LogP contribution in [0.1, 0.15) is 17.4 Å². The Kier molecular flexibility index (Phi) is 6.21. The summed E-state index contributed by atoms with van der Waals surface area (Å²) in [6.07, 6.45) is 3.74. The Hall–Kier alpha value is -3.03. The summed E-state index contributed by atoms with van der Waals surface area (Å²) in [6, 6.07) is 14.1. The summed E-state index contributed by atoms with van der Waals surface area (Å²) in [5.74, 6) is 1.56. The van der Waals surface area contributed by atoms with Gasteiger partial charge in [0.25, 0.3) is 0 Å². The lowest BCUT2D eigenvalue weighted by Gasteiger charge is -2.32. The number of nitrogens with zero attached hydrogens (tertiary/aromatic N) is 5. The van der Waals surface area contributed by atoms with Crippen LogP contribution in [0.2, 0.25) is 0 Å². The molecule has 0 bridgehead atoms. The molecule has 1 aromatic carbocycles. The molecule has 1 aliphatic rings. The highest BCUT2D eigenvalue weighted by Gasteiger charge is 2.23. The molecule has 7 nitrogen and oxygen atoms in total. The van der Waals surface area contributed by atoms with Crippen LogP contribution in [-0.4, -0.2) is 60.8 Å². The van der Waals surface area contributed by atoms with Gasteiger partial charge in [-0.1, -0.05) is 6.07 Å². The van der Waals surface area contributed by atoms with Gasteiger partial charge in [-0.2, -0.15) is 0 Å². The van der Waals surface area contributed by atoms with E-state index in [2.05, 4.69) is 14.9 Å². The van der Waals surface area contributed by atoms with Gasteiger partial charge in [-0.25, -0.2) is 9.97 Å². The Labute approximate surface area is 177 Å². The standard InChI is InChI=1S/C23H27N5O2/c1-27(2)23-24-13-17(14-25-23)15-28-11-12-30-22(16-28)21-6-4-5-20(26-21)18-7-9-19(29-3)10-8-18/h4-10,13-14,22H,11-12,15-16H2,1-3H3. The zero-order valence-electron chi connectivity index (χ0n) is 17.7. The number of anilines is 1. The van der Waals surface area contributed by atoms with E-state index in [4.69, 9.17) is 14.5 Å². The van der Waals surface area contributed by atoms with E-state index in [1.807, 2.05) is 73.9 Å². The SMILES string of the molecule is COc1ccc(-c2cccc(C3CN(Cc4cnc(N(C)C)nc4)CCO3)n2)cc1. The van der Waals surface area contributed by atoms with Crippen molar-refractivity contribution >= 4 is 5.95 Å². The second-order valence-electron chi connectivity index (χ2n) is 7.56. The summed E-state index contributed by atoms with van der Waals surface area (Å²) in [5.41, 5.74) is 4.04. The summed E-state index contributed by atoms with van der Waals surface area (Å²) < 4.78 is 11.3. The van der Waals surface area contributed by atoms with Crippen molar-refractivity contribution in [3.8, 4) is 17.0 Å². The molecule has 1 saturated heterocycles. The zero-order chi connectivity index (χ0) is 20.9. The molecule has 1 unspecified atom stereocenters. The van der Waals surface area contributed by atoms with Crippen LogP contribution < -0.4 is 9.64 Å². The van der Waals surface area contributed by atoms with Gasteiger partial charge in [0.15, 0.2) is 0 Å². The summed E-state index contributed by atoms with van der Waals surface area (Å²) in [4.78, 5) is 18.0. The summed E-state index contributed by atoms with van der Waals surface area (Å²) in [5, 5.41) is 0. The monoisotopic (exact) mass is 405 g/mol. The topological polar surface area (TPSA) is 63.6 Å². The highest BCUT2D eigenvalue weighted by molar-refractivity contribution is 5.60. The van der Waals surface area contributed by atoms with Crippen LogP contribution in [0.5, 0.6) is 5.75 Å². The third-order valence-corrected chi connectivity index (χ3v) is 5.13. The van der Waals surface area contributed by atoms with Crippen molar-refractivity contribution in [2.75, 3.05) is 45.8 Å². The second kappa shape index (κ2) is 9.19. The van der Waals surface area contributed by atoms with E-state index in [9.17, 15) is 0 Å². The van der Waals surface area contributed by atoms with Crippen molar-refractivity contribution in [2.45, 2.75) is 12.6 Å². The Morgan fingerprint density at radius 2 is 1.87 bits per heavy atom. The van der Waals surface area contributed by atoms with E-state index in [0.717, 1.165) is 53.8 Å². The molecule has 0 radical (unpaired) electrons. The average molecular weight is 406 g/mol. The summed E-state index contributed by atoms with van der Waals surface area (Å²) in [6.45, 7) is 3.14. The quantitative estimate of drug-likeness (QED) is 0.624. The van der Waals surface area contributed by atoms with Crippen molar-refractivity contribution < 1.29 is 9.47 Å². The van der Waals surface area contributed by atoms with Crippen molar-refractivity contribution in [1.29, 1.82) is 0 Å². The maximum atomic E-state index is 6.05. The molecular weight excluding hydrogens is 378 g/mol. The molecule has 7 heteroatoms. The third-order valence-electron chi connectivity index (χ3n) is 5.13. The fourth-order valence-electron chi connectivity index (χ4n) is 3.50. The van der Waals surface area contributed by atoms with Crippen LogP contribution >= 0.6 is 0 Å². The van der Waals surface area contributed by atoms with Crippen molar-refractivity contribution in [3.63, 3.8) is 0 Å². The van der Waals surface area contributed by atoms with Gasteiger partial charge in [0, 0.05) is 57.3 Å². The number of pyridine rings is 1. The molecule has 0 aliphatic carbocycles. The van der Waals surface area contributed by atoms with Gasteiger partial charge in [-0.15, -0.1) is 0 Å². The predicted octanol–water partition coefficient (Wildman–Crippen LogP) is 3.19.